The highest BCUT2D eigenvalue weighted by Gasteiger charge is 2.54. The molecule has 0 bridgehead atoms. The summed E-state index contributed by atoms with van der Waals surface area (Å²) in [5.41, 5.74) is -0.357. The number of aliphatic hydroxyl groups is 2. The third-order valence-corrected chi connectivity index (χ3v) is 7.58. The number of primary amides is 1. The molecule has 2 rings (SSSR count). The normalized spacial score (nSPS) is 14.0. The number of carbonyl (C=O) groups is 1. The van der Waals surface area contributed by atoms with Crippen LogP contribution in [0.15, 0.2) is 12.1 Å². The van der Waals surface area contributed by atoms with Gasteiger partial charge in [-0.1, -0.05) is 0 Å². The highest BCUT2D eigenvalue weighted by atomic mass is 32.2. The summed E-state index contributed by atoms with van der Waals surface area (Å²) in [5.74, 6) is -1.39. The van der Waals surface area contributed by atoms with Gasteiger partial charge in [-0.3, -0.25) is 9.36 Å². The van der Waals surface area contributed by atoms with E-state index in [0.717, 1.165) is 18.4 Å². The molecular weight excluding hydrogens is 483 g/mol. The monoisotopic (exact) mass is 503 g/mol. The number of benzene rings is 1. The predicted octanol–water partition coefficient (Wildman–Crippen LogP) is 1.07. The summed E-state index contributed by atoms with van der Waals surface area (Å²) in [4.78, 5) is 28.7. The van der Waals surface area contributed by atoms with Gasteiger partial charge in [-0.15, -0.1) is 11.3 Å². The Hall–Kier alpha value is -1.67. The second kappa shape index (κ2) is 9.06. The van der Waals surface area contributed by atoms with Crippen molar-refractivity contribution in [2.75, 3.05) is 25.2 Å². The lowest BCUT2D eigenvalue weighted by Crippen LogP contribution is -2.16. The first kappa shape index (κ1) is 25.6. The Morgan fingerprint density at radius 3 is 2.45 bits per heavy atom. The summed E-state index contributed by atoms with van der Waals surface area (Å²) in [5, 5.41) is 19.2. The van der Waals surface area contributed by atoms with Crippen LogP contribution in [0.4, 0.5) is 8.78 Å². The number of thiophene rings is 1. The summed E-state index contributed by atoms with van der Waals surface area (Å²) in [6.07, 6.45) is -0.913. The van der Waals surface area contributed by atoms with E-state index in [0.29, 0.717) is 0 Å². The van der Waals surface area contributed by atoms with Crippen LogP contribution in [-0.2, 0) is 20.1 Å². The molecule has 1 aromatic carbocycles. The Bertz CT molecular complexity index is 1140. The number of nitrogens with two attached hydrogens (primary N) is 1. The van der Waals surface area contributed by atoms with Crippen molar-refractivity contribution in [3.8, 4) is 5.75 Å². The quantitative estimate of drug-likeness (QED) is 0.234. The van der Waals surface area contributed by atoms with E-state index >= 15 is 0 Å². The van der Waals surface area contributed by atoms with Crippen molar-refractivity contribution >= 4 is 44.8 Å². The molecule has 0 radical (unpaired) electrons. The van der Waals surface area contributed by atoms with Crippen molar-refractivity contribution in [2.45, 2.75) is 18.2 Å². The molecule has 10 nitrogen and oxygen atoms in total. The Morgan fingerprint density at radius 1 is 1.35 bits per heavy atom. The minimum Gasteiger partial charge on any atom is -0.492 e. The minimum atomic E-state index is -6.03. The van der Waals surface area contributed by atoms with Crippen LogP contribution >= 0.6 is 18.9 Å². The number of alkyl halides is 2. The van der Waals surface area contributed by atoms with E-state index in [1.54, 1.807) is 0 Å². The second-order valence-electron chi connectivity index (χ2n) is 6.68. The van der Waals surface area contributed by atoms with E-state index in [-0.39, 0.29) is 51.5 Å². The van der Waals surface area contributed by atoms with Crippen LogP contribution in [-0.4, -0.2) is 59.5 Å². The first-order valence-corrected chi connectivity index (χ1v) is 13.0. The molecule has 1 amide bonds. The smallest absolute Gasteiger partial charge is 0.400 e. The van der Waals surface area contributed by atoms with E-state index in [2.05, 4.69) is 0 Å². The van der Waals surface area contributed by atoms with Gasteiger partial charge in [0, 0.05) is 22.8 Å². The Balaban J connectivity index is 2.72. The number of ether oxygens (including phenoxy) is 1. The van der Waals surface area contributed by atoms with E-state index in [1.807, 2.05) is 0 Å². The summed E-state index contributed by atoms with van der Waals surface area (Å²) in [6.45, 7) is -1.24. The molecule has 1 aromatic heterocycles. The zero-order valence-corrected chi connectivity index (χ0v) is 18.5. The minimum absolute atomic E-state index is 0.0319. The van der Waals surface area contributed by atoms with E-state index in [9.17, 15) is 36.8 Å². The number of carbonyl (C=O) groups excluding carboxylic acids is 1. The lowest BCUT2D eigenvalue weighted by atomic mass is 10.0. The highest BCUT2D eigenvalue weighted by Crippen LogP contribution is 2.63. The van der Waals surface area contributed by atoms with Crippen LogP contribution in [0.5, 0.6) is 5.75 Å². The maximum Gasteiger partial charge on any atom is 0.400 e. The van der Waals surface area contributed by atoms with E-state index in [1.165, 1.54) is 0 Å². The van der Waals surface area contributed by atoms with Gasteiger partial charge in [0.1, 0.15) is 21.7 Å². The molecule has 0 aliphatic carbocycles. The van der Waals surface area contributed by atoms with Crippen molar-refractivity contribution in [2.24, 2.45) is 5.73 Å². The largest absolute Gasteiger partial charge is 0.492 e. The molecule has 1 atom stereocenters. The molecule has 174 valence electrons. The van der Waals surface area contributed by atoms with Gasteiger partial charge in [-0.25, -0.2) is 8.42 Å². The molecule has 0 saturated heterocycles. The number of hydrogen-bond donors (Lipinski definition) is 5. The molecule has 0 fully saturated rings. The maximum atomic E-state index is 14.5. The van der Waals surface area contributed by atoms with Crippen LogP contribution in [0, 0.1) is 0 Å². The third-order valence-electron chi connectivity index (χ3n) is 4.14. The number of rotatable bonds is 10. The Morgan fingerprint density at radius 2 is 1.97 bits per heavy atom. The molecule has 0 aliphatic heterocycles. The van der Waals surface area contributed by atoms with Crippen LogP contribution in [0.3, 0.4) is 0 Å². The Kier molecular flexibility index (Phi) is 7.48. The fourth-order valence-electron chi connectivity index (χ4n) is 2.72. The fourth-order valence-corrected chi connectivity index (χ4v) is 5.42. The number of halogens is 2. The van der Waals surface area contributed by atoms with Gasteiger partial charge in [0.2, 0.25) is 5.91 Å². The third kappa shape index (κ3) is 5.58. The Labute approximate surface area is 179 Å². The van der Waals surface area contributed by atoms with Crippen LogP contribution in [0.2, 0.25) is 0 Å². The molecule has 2 aromatic rings. The number of sulfone groups is 1. The average Bonchev–Trinajstić information content (AvgIpc) is 3.02. The summed E-state index contributed by atoms with van der Waals surface area (Å²) >= 11 is 0.203. The molecule has 31 heavy (non-hydrogen) atoms. The molecule has 0 aliphatic rings. The zero-order valence-electron chi connectivity index (χ0n) is 16.0. The first-order chi connectivity index (χ1) is 14.1. The molecule has 0 spiro atoms. The van der Waals surface area contributed by atoms with Gasteiger partial charge in [0.25, 0.3) is 0 Å². The van der Waals surface area contributed by atoms with Crippen molar-refractivity contribution in [1.29, 1.82) is 0 Å². The van der Waals surface area contributed by atoms with Crippen LogP contribution < -0.4 is 10.5 Å². The molecule has 1 heterocycles. The van der Waals surface area contributed by atoms with E-state index < -0.39 is 52.2 Å². The molecule has 6 N–H and O–H groups in total. The molecule has 1 unspecified atom stereocenters. The topological polar surface area (TPSA) is 184 Å². The van der Waals surface area contributed by atoms with Gasteiger partial charge in [-0.05, 0) is 18.6 Å². The van der Waals surface area contributed by atoms with Crippen molar-refractivity contribution in [3.05, 3.63) is 28.1 Å². The van der Waals surface area contributed by atoms with Gasteiger partial charge in [-0.2, -0.15) is 8.78 Å². The standard InChI is InChI=1S/C16H20F2NO9PS2/c1-31(26,27)4-2-3-28-11-6-8(15(19)22)5-9-12(10(21)7-20)14(30-13(9)11)16(17,18)29(23,24)25/h5-6,10,20-21H,2-4,7H2,1H3,(H2,19,22)(H2,23,24,25). The zero-order chi connectivity index (χ0) is 23.8. The fraction of sp³-hybridized carbons (Fsp3) is 0.438. The highest BCUT2D eigenvalue weighted by molar-refractivity contribution is 7.90. The van der Waals surface area contributed by atoms with E-state index in [4.69, 9.17) is 20.3 Å². The average molecular weight is 503 g/mol. The molecule has 0 saturated carbocycles. The van der Waals surface area contributed by atoms with Gasteiger partial charge in [0.15, 0.2) is 0 Å². The van der Waals surface area contributed by atoms with Gasteiger partial charge < -0.3 is 30.5 Å². The van der Waals surface area contributed by atoms with Crippen molar-refractivity contribution < 1.29 is 51.3 Å². The number of hydrogen-bond acceptors (Lipinski definition) is 8. The molecular formula is C16H20F2NO9PS2. The van der Waals surface area contributed by atoms with Gasteiger partial charge in [0.05, 0.1) is 28.5 Å². The number of fused-ring (bicyclic) bond motifs is 1. The second-order valence-corrected chi connectivity index (χ2v) is 11.6. The molecule has 15 heteroatoms. The van der Waals surface area contributed by atoms with Crippen LogP contribution in [0.25, 0.3) is 10.1 Å². The lowest BCUT2D eigenvalue weighted by molar-refractivity contribution is 0.0516. The summed E-state index contributed by atoms with van der Waals surface area (Å²) in [6, 6.07) is 2.14. The number of aliphatic hydroxyl groups excluding tert-OH is 2. The van der Waals surface area contributed by atoms with Crippen molar-refractivity contribution in [1.82, 2.24) is 0 Å². The predicted molar refractivity (Wildman–Crippen MR) is 108 cm³/mol. The maximum absolute atomic E-state index is 14.5. The van der Waals surface area contributed by atoms with Crippen LogP contribution in [0.1, 0.15) is 33.3 Å². The lowest BCUT2D eigenvalue weighted by Gasteiger charge is -2.19. The SMILES string of the molecule is CS(=O)(=O)CCCOc1cc(C(N)=O)cc2c(C(O)CO)c(C(F)(F)P(=O)(O)O)sc12. The van der Waals surface area contributed by atoms with Crippen molar-refractivity contribution in [3.63, 3.8) is 0 Å². The summed E-state index contributed by atoms with van der Waals surface area (Å²) < 4.78 is 68.3. The first-order valence-electron chi connectivity index (χ1n) is 8.53. The van der Waals surface area contributed by atoms with Gasteiger partial charge >= 0.3 is 13.3 Å². The number of amides is 1. The summed E-state index contributed by atoms with van der Waals surface area (Å²) in [7, 11) is -9.32.